The Balaban J connectivity index is 2.14. The van der Waals surface area contributed by atoms with Gasteiger partial charge in [-0.1, -0.05) is 35.9 Å². The second-order valence-corrected chi connectivity index (χ2v) is 7.34. The summed E-state index contributed by atoms with van der Waals surface area (Å²) in [6.07, 6.45) is 1.15. The molecule has 0 aliphatic rings. The fraction of sp³-hybridized carbons (Fsp3) is 0.125. The van der Waals surface area contributed by atoms with Crippen LogP contribution in [0.2, 0.25) is 5.02 Å². The third-order valence-corrected chi connectivity index (χ3v) is 4.60. The molecule has 0 atom stereocenters. The minimum Gasteiger partial charge on any atom is -0.267 e. The highest BCUT2D eigenvalue weighted by Gasteiger charge is 2.10. The number of nitrogens with one attached hydrogen (secondary N) is 1. The summed E-state index contributed by atoms with van der Waals surface area (Å²) in [5.41, 5.74) is 4.01. The summed E-state index contributed by atoms with van der Waals surface area (Å²) in [6, 6.07) is 12.9. The molecule has 0 bridgehead atoms. The number of sulfone groups is 1. The molecule has 0 radical (unpaired) electrons. The average molecular weight is 351 g/mol. The Morgan fingerprint density at radius 2 is 1.70 bits per heavy atom. The van der Waals surface area contributed by atoms with Crippen LogP contribution in [0.4, 0.5) is 0 Å². The van der Waals surface area contributed by atoms with Crippen LogP contribution in [-0.4, -0.2) is 26.3 Å². The molecule has 0 aromatic heterocycles. The van der Waals surface area contributed by atoms with E-state index >= 15 is 0 Å². The van der Waals surface area contributed by atoms with Crippen LogP contribution >= 0.6 is 11.6 Å². The topological polar surface area (TPSA) is 75.6 Å². The third-order valence-electron chi connectivity index (χ3n) is 3.14. The number of hydrazone groups is 1. The zero-order valence-electron chi connectivity index (χ0n) is 12.6. The summed E-state index contributed by atoms with van der Waals surface area (Å²) in [4.78, 5) is 12.2. The predicted octanol–water partition coefficient (Wildman–Crippen LogP) is 2.90. The molecule has 0 heterocycles. The number of nitrogens with zero attached hydrogens (tertiary/aromatic N) is 1. The Morgan fingerprint density at radius 3 is 2.26 bits per heavy atom. The van der Waals surface area contributed by atoms with Gasteiger partial charge in [0.05, 0.1) is 21.2 Å². The number of carbonyl (C=O) groups excluding carboxylic acids is 1. The van der Waals surface area contributed by atoms with Gasteiger partial charge >= 0.3 is 0 Å². The molecule has 0 aliphatic carbocycles. The summed E-state index contributed by atoms with van der Waals surface area (Å²) in [7, 11) is -3.24. The first-order valence-electron chi connectivity index (χ1n) is 6.68. The number of hydrogen-bond donors (Lipinski definition) is 1. The standard InChI is InChI=1S/C16H15ClN2O3S/c1-11(12-7-9-13(10-8-12)23(2,21)22)18-19-16(20)14-5-3-4-6-15(14)17/h3-10H,1-2H3,(H,19,20)/b18-11-. The van der Waals surface area contributed by atoms with Gasteiger partial charge in [-0.3, -0.25) is 4.79 Å². The van der Waals surface area contributed by atoms with Gasteiger partial charge in [0.1, 0.15) is 0 Å². The number of halogens is 1. The lowest BCUT2D eigenvalue weighted by Gasteiger charge is -2.05. The Hall–Kier alpha value is -2.18. The zero-order valence-corrected chi connectivity index (χ0v) is 14.1. The second kappa shape index (κ2) is 6.93. The van der Waals surface area contributed by atoms with E-state index in [1.165, 1.54) is 12.1 Å². The molecule has 0 fully saturated rings. The zero-order chi connectivity index (χ0) is 17.0. The van der Waals surface area contributed by atoms with Crippen molar-refractivity contribution in [1.82, 2.24) is 5.43 Å². The van der Waals surface area contributed by atoms with Crippen molar-refractivity contribution in [3.05, 3.63) is 64.7 Å². The van der Waals surface area contributed by atoms with Crippen molar-refractivity contribution >= 4 is 33.1 Å². The Morgan fingerprint density at radius 1 is 1.09 bits per heavy atom. The molecule has 0 spiro atoms. The summed E-state index contributed by atoms with van der Waals surface area (Å²) in [6.45, 7) is 1.71. The van der Waals surface area contributed by atoms with Crippen LogP contribution in [0.25, 0.3) is 0 Å². The molecule has 5 nitrogen and oxygen atoms in total. The number of benzene rings is 2. The SMILES string of the molecule is C/C(=N/NC(=O)c1ccccc1Cl)c1ccc(S(C)(=O)=O)cc1. The first kappa shape index (κ1) is 17.2. The highest BCUT2D eigenvalue weighted by atomic mass is 35.5. The molecule has 0 saturated carbocycles. The largest absolute Gasteiger partial charge is 0.272 e. The predicted molar refractivity (Wildman–Crippen MR) is 90.7 cm³/mol. The van der Waals surface area contributed by atoms with Crippen molar-refractivity contribution in [3.8, 4) is 0 Å². The van der Waals surface area contributed by atoms with Crippen molar-refractivity contribution in [2.24, 2.45) is 5.10 Å². The van der Waals surface area contributed by atoms with Gasteiger partial charge in [-0.25, -0.2) is 13.8 Å². The van der Waals surface area contributed by atoms with Gasteiger partial charge in [0, 0.05) is 6.26 Å². The van der Waals surface area contributed by atoms with Gasteiger partial charge in [-0.2, -0.15) is 5.10 Å². The van der Waals surface area contributed by atoms with Crippen LogP contribution in [0.1, 0.15) is 22.8 Å². The highest BCUT2D eigenvalue weighted by Crippen LogP contribution is 2.15. The lowest BCUT2D eigenvalue weighted by molar-refractivity contribution is 0.0955. The van der Waals surface area contributed by atoms with Crippen molar-refractivity contribution in [2.45, 2.75) is 11.8 Å². The van der Waals surface area contributed by atoms with E-state index in [2.05, 4.69) is 10.5 Å². The first-order valence-corrected chi connectivity index (χ1v) is 8.95. The van der Waals surface area contributed by atoms with Gasteiger partial charge in [-0.05, 0) is 36.8 Å². The van der Waals surface area contributed by atoms with Crippen LogP contribution in [0, 0.1) is 0 Å². The lowest BCUT2D eigenvalue weighted by Crippen LogP contribution is -2.19. The fourth-order valence-electron chi connectivity index (χ4n) is 1.85. The van der Waals surface area contributed by atoms with E-state index in [0.717, 1.165) is 6.26 Å². The minimum atomic E-state index is -3.24. The normalized spacial score (nSPS) is 12.0. The minimum absolute atomic E-state index is 0.231. The van der Waals surface area contributed by atoms with E-state index in [1.54, 1.807) is 43.3 Å². The summed E-state index contributed by atoms with van der Waals surface area (Å²) < 4.78 is 22.8. The molecule has 7 heteroatoms. The molecule has 1 N–H and O–H groups in total. The molecular formula is C16H15ClN2O3S. The smallest absolute Gasteiger partial charge is 0.267 e. The van der Waals surface area contributed by atoms with E-state index in [-0.39, 0.29) is 4.90 Å². The van der Waals surface area contributed by atoms with Crippen LogP contribution in [0.15, 0.2) is 58.5 Å². The molecule has 0 unspecified atom stereocenters. The van der Waals surface area contributed by atoms with E-state index in [1.807, 2.05) is 0 Å². The van der Waals surface area contributed by atoms with Gasteiger partial charge in [0.2, 0.25) is 0 Å². The van der Waals surface area contributed by atoms with Gasteiger partial charge in [-0.15, -0.1) is 0 Å². The van der Waals surface area contributed by atoms with Gasteiger partial charge in [0.15, 0.2) is 9.84 Å². The van der Waals surface area contributed by atoms with Crippen LogP contribution in [0.3, 0.4) is 0 Å². The second-order valence-electron chi connectivity index (χ2n) is 4.91. The highest BCUT2D eigenvalue weighted by molar-refractivity contribution is 7.90. The monoisotopic (exact) mass is 350 g/mol. The molecule has 2 rings (SSSR count). The molecule has 120 valence electrons. The molecule has 0 aliphatic heterocycles. The fourth-order valence-corrected chi connectivity index (χ4v) is 2.70. The summed E-state index contributed by atoms with van der Waals surface area (Å²) in [5.74, 6) is -0.414. The van der Waals surface area contributed by atoms with Crippen molar-refractivity contribution in [2.75, 3.05) is 6.26 Å². The number of amides is 1. The van der Waals surface area contributed by atoms with E-state index in [4.69, 9.17) is 11.6 Å². The number of hydrogen-bond acceptors (Lipinski definition) is 4. The number of carbonyl (C=O) groups is 1. The molecule has 23 heavy (non-hydrogen) atoms. The van der Waals surface area contributed by atoms with E-state index < -0.39 is 15.7 Å². The molecule has 2 aromatic rings. The quantitative estimate of drug-likeness (QED) is 0.680. The lowest BCUT2D eigenvalue weighted by atomic mass is 10.1. The number of rotatable bonds is 4. The van der Waals surface area contributed by atoms with Gasteiger partial charge < -0.3 is 0 Å². The molecule has 2 aromatic carbocycles. The summed E-state index contributed by atoms with van der Waals surface area (Å²) in [5, 5.41) is 4.36. The van der Waals surface area contributed by atoms with Crippen molar-refractivity contribution < 1.29 is 13.2 Å². The van der Waals surface area contributed by atoms with Crippen molar-refractivity contribution in [1.29, 1.82) is 0 Å². The average Bonchev–Trinajstić information content (AvgIpc) is 2.52. The Labute approximate surface area is 139 Å². The maximum Gasteiger partial charge on any atom is 0.272 e. The molecular weight excluding hydrogens is 336 g/mol. The Bertz CT molecular complexity index is 859. The molecule has 0 saturated heterocycles. The third kappa shape index (κ3) is 4.40. The van der Waals surface area contributed by atoms with Crippen LogP contribution in [0.5, 0.6) is 0 Å². The van der Waals surface area contributed by atoms with Crippen LogP contribution in [-0.2, 0) is 9.84 Å². The maximum absolute atomic E-state index is 12.0. The van der Waals surface area contributed by atoms with Gasteiger partial charge in [0.25, 0.3) is 5.91 Å². The summed E-state index contributed by atoms with van der Waals surface area (Å²) >= 11 is 5.95. The first-order chi connectivity index (χ1) is 10.8. The van der Waals surface area contributed by atoms with E-state index in [9.17, 15) is 13.2 Å². The maximum atomic E-state index is 12.0. The Kier molecular flexibility index (Phi) is 5.18. The van der Waals surface area contributed by atoms with Crippen molar-refractivity contribution in [3.63, 3.8) is 0 Å². The van der Waals surface area contributed by atoms with Crippen LogP contribution < -0.4 is 5.43 Å². The van der Waals surface area contributed by atoms with E-state index in [0.29, 0.717) is 21.9 Å². The molecule has 1 amide bonds.